The summed E-state index contributed by atoms with van der Waals surface area (Å²) in [7, 11) is -4.14. The van der Waals surface area contributed by atoms with Gasteiger partial charge in [0.15, 0.2) is 0 Å². The Hall–Kier alpha value is -3.15. The minimum Gasteiger partial charge on any atom is -0.487 e. The molecule has 0 aliphatic carbocycles. The van der Waals surface area contributed by atoms with Crippen LogP contribution in [0.3, 0.4) is 0 Å². The van der Waals surface area contributed by atoms with Gasteiger partial charge in [-0.1, -0.05) is 65.7 Å². The van der Waals surface area contributed by atoms with Crippen molar-refractivity contribution in [3.8, 4) is 5.75 Å². The molecule has 4 aromatic rings. The molecule has 0 bridgehead atoms. The molecular formula is C31H30Cl2N4O4S2. The highest BCUT2D eigenvalue weighted by Gasteiger charge is 2.40. The molecule has 12 heteroatoms. The molecule has 1 aromatic heterocycles. The van der Waals surface area contributed by atoms with Crippen molar-refractivity contribution < 1.29 is 17.9 Å². The van der Waals surface area contributed by atoms with Crippen LogP contribution in [0.2, 0.25) is 10.0 Å². The zero-order valence-electron chi connectivity index (χ0n) is 23.6. The van der Waals surface area contributed by atoms with Crippen LogP contribution >= 0.6 is 35.0 Å². The molecule has 2 heterocycles. The molecule has 8 nitrogen and oxygen atoms in total. The minimum atomic E-state index is -4.14. The van der Waals surface area contributed by atoms with Crippen LogP contribution in [0.5, 0.6) is 5.75 Å². The third kappa shape index (κ3) is 6.68. The number of pyridine rings is 1. The Labute approximate surface area is 265 Å². The predicted octanol–water partition coefficient (Wildman–Crippen LogP) is 6.59. The van der Waals surface area contributed by atoms with Crippen LogP contribution in [0.25, 0.3) is 10.9 Å². The van der Waals surface area contributed by atoms with E-state index < -0.39 is 16.1 Å². The minimum absolute atomic E-state index is 0.0427. The van der Waals surface area contributed by atoms with Crippen LogP contribution in [0.4, 0.5) is 0 Å². The number of sulfonamides is 1. The number of carbonyl (C=O) groups excluding carboxylic acids is 1. The van der Waals surface area contributed by atoms with Gasteiger partial charge in [0.2, 0.25) is 15.9 Å². The number of thioether (sulfide) groups is 1. The maximum Gasteiger partial charge on any atom is 0.245 e. The Morgan fingerprint density at radius 3 is 2.63 bits per heavy atom. The lowest BCUT2D eigenvalue weighted by atomic mass is 10.1. The first-order chi connectivity index (χ1) is 20.6. The second-order valence-electron chi connectivity index (χ2n) is 10.1. The lowest BCUT2D eigenvalue weighted by molar-refractivity contribution is -0.124. The van der Waals surface area contributed by atoms with E-state index in [0.29, 0.717) is 34.7 Å². The van der Waals surface area contributed by atoms with Crippen molar-refractivity contribution >= 4 is 66.8 Å². The molecule has 1 fully saturated rings. The van der Waals surface area contributed by atoms with Gasteiger partial charge in [0.25, 0.3) is 0 Å². The molecule has 0 spiro atoms. The van der Waals surface area contributed by atoms with E-state index in [1.807, 2.05) is 61.7 Å². The van der Waals surface area contributed by atoms with Gasteiger partial charge in [0.1, 0.15) is 28.8 Å². The lowest BCUT2D eigenvalue weighted by Crippen LogP contribution is -2.45. The standard InChI is InChI=1S/C31H30Cl2N4O4S2/c1-19-8-11-21-5-3-7-26(29(21)36-19)41-18-23-24(32)14-15-27(28(23)33)43(39,40)37-16-4-6-25(37)31(38)35-17-20-9-12-22(13-10-20)30(34)42-2/h3,5,7-15,25,34H,4,6,16-18H2,1-2H3,(H,35,38). The molecule has 1 amide bonds. The van der Waals surface area contributed by atoms with E-state index in [1.165, 1.54) is 28.2 Å². The van der Waals surface area contributed by atoms with E-state index in [4.69, 9.17) is 33.3 Å². The maximum absolute atomic E-state index is 13.9. The second-order valence-corrected chi connectivity index (χ2v) is 13.6. The average molecular weight is 658 g/mol. The van der Waals surface area contributed by atoms with Crippen molar-refractivity contribution in [3.63, 3.8) is 0 Å². The number of halogens is 2. The highest BCUT2D eigenvalue weighted by Crippen LogP contribution is 2.36. The zero-order valence-corrected chi connectivity index (χ0v) is 26.7. The van der Waals surface area contributed by atoms with Crippen LogP contribution in [0.1, 0.15) is 35.2 Å². The normalized spacial score (nSPS) is 15.5. The molecule has 0 saturated carbocycles. The van der Waals surface area contributed by atoms with E-state index in [-0.39, 0.29) is 40.5 Å². The van der Waals surface area contributed by atoms with Crippen molar-refractivity contribution in [1.29, 1.82) is 5.41 Å². The van der Waals surface area contributed by atoms with Crippen LogP contribution in [0, 0.1) is 12.3 Å². The van der Waals surface area contributed by atoms with Gasteiger partial charge in [-0.2, -0.15) is 4.31 Å². The van der Waals surface area contributed by atoms with Gasteiger partial charge < -0.3 is 10.1 Å². The molecule has 0 radical (unpaired) electrons. The molecule has 43 heavy (non-hydrogen) atoms. The molecule has 1 aliphatic rings. The van der Waals surface area contributed by atoms with Gasteiger partial charge in [0, 0.05) is 40.3 Å². The molecule has 1 atom stereocenters. The summed E-state index contributed by atoms with van der Waals surface area (Å²) in [5.41, 5.74) is 3.49. The number of hydrogen-bond donors (Lipinski definition) is 2. The number of carbonyl (C=O) groups is 1. The van der Waals surface area contributed by atoms with Gasteiger partial charge in [-0.3, -0.25) is 10.2 Å². The molecule has 3 aromatic carbocycles. The molecule has 1 unspecified atom stereocenters. The van der Waals surface area contributed by atoms with Crippen molar-refractivity contribution in [3.05, 3.63) is 99.2 Å². The fourth-order valence-corrected chi connectivity index (χ4v) is 7.90. The highest BCUT2D eigenvalue weighted by molar-refractivity contribution is 8.13. The second kappa shape index (κ2) is 13.2. The number of hydrogen-bond acceptors (Lipinski definition) is 7. The SMILES string of the molecule is CSC(=N)c1ccc(CNC(=O)C2CCCN2S(=O)(=O)c2ccc(Cl)c(COc3cccc4ccc(C)nc34)c2Cl)cc1. The summed E-state index contributed by atoms with van der Waals surface area (Å²) in [6.45, 7) is 2.25. The summed E-state index contributed by atoms with van der Waals surface area (Å²) >= 11 is 14.5. The van der Waals surface area contributed by atoms with Gasteiger partial charge in [-0.25, -0.2) is 13.4 Å². The first-order valence-corrected chi connectivity index (χ1v) is 17.0. The fourth-order valence-electron chi connectivity index (χ4n) is 5.01. The summed E-state index contributed by atoms with van der Waals surface area (Å²) in [5, 5.41) is 12.4. The van der Waals surface area contributed by atoms with E-state index >= 15 is 0 Å². The quantitative estimate of drug-likeness (QED) is 0.155. The third-order valence-electron chi connectivity index (χ3n) is 7.33. The van der Waals surface area contributed by atoms with E-state index in [1.54, 1.807) is 6.07 Å². The monoisotopic (exact) mass is 656 g/mol. The zero-order chi connectivity index (χ0) is 30.7. The number of para-hydroxylation sites is 1. The van der Waals surface area contributed by atoms with Crippen LogP contribution in [0.15, 0.2) is 71.6 Å². The number of aromatic nitrogens is 1. The van der Waals surface area contributed by atoms with E-state index in [0.717, 1.165) is 22.2 Å². The third-order valence-corrected chi connectivity index (χ3v) is 10.8. The fraction of sp³-hybridized carbons (Fsp3) is 0.258. The Bertz CT molecular complexity index is 1800. The first kappa shape index (κ1) is 31.3. The van der Waals surface area contributed by atoms with Crippen molar-refractivity contribution in [2.75, 3.05) is 12.8 Å². The summed E-state index contributed by atoms with van der Waals surface area (Å²) < 4.78 is 35.0. The smallest absolute Gasteiger partial charge is 0.245 e. The Balaban J connectivity index is 1.33. The average Bonchev–Trinajstić information content (AvgIpc) is 3.51. The number of amides is 1. The number of fused-ring (bicyclic) bond motifs is 1. The van der Waals surface area contributed by atoms with Crippen LogP contribution in [-0.4, -0.2) is 47.5 Å². The molecule has 224 valence electrons. The largest absolute Gasteiger partial charge is 0.487 e. The summed E-state index contributed by atoms with van der Waals surface area (Å²) in [6.07, 6.45) is 2.77. The molecular weight excluding hydrogens is 627 g/mol. The summed E-state index contributed by atoms with van der Waals surface area (Å²) in [6, 6.07) is 18.8. The van der Waals surface area contributed by atoms with Crippen LogP contribution < -0.4 is 10.1 Å². The Morgan fingerprint density at radius 1 is 1.12 bits per heavy atom. The topological polar surface area (TPSA) is 112 Å². The number of benzene rings is 3. The van der Waals surface area contributed by atoms with Gasteiger partial charge >= 0.3 is 0 Å². The lowest BCUT2D eigenvalue weighted by Gasteiger charge is -2.24. The predicted molar refractivity (Wildman–Crippen MR) is 173 cm³/mol. The van der Waals surface area contributed by atoms with Gasteiger partial charge in [-0.15, -0.1) is 11.8 Å². The summed E-state index contributed by atoms with van der Waals surface area (Å²) in [5.74, 6) is 0.143. The van der Waals surface area contributed by atoms with Crippen molar-refractivity contribution in [2.24, 2.45) is 0 Å². The van der Waals surface area contributed by atoms with Crippen molar-refractivity contribution in [2.45, 2.75) is 43.9 Å². The maximum atomic E-state index is 13.9. The Morgan fingerprint density at radius 2 is 1.88 bits per heavy atom. The molecule has 1 saturated heterocycles. The number of aryl methyl sites for hydroxylation is 1. The van der Waals surface area contributed by atoms with E-state index in [9.17, 15) is 13.2 Å². The van der Waals surface area contributed by atoms with Crippen LogP contribution in [-0.2, 0) is 28.0 Å². The molecule has 5 rings (SSSR count). The summed E-state index contributed by atoms with van der Waals surface area (Å²) in [4.78, 5) is 17.6. The van der Waals surface area contributed by atoms with Crippen molar-refractivity contribution in [1.82, 2.24) is 14.6 Å². The van der Waals surface area contributed by atoms with Gasteiger partial charge in [0.05, 0.1) is 10.1 Å². The highest BCUT2D eigenvalue weighted by atomic mass is 35.5. The molecule has 2 N–H and O–H groups in total. The van der Waals surface area contributed by atoms with Gasteiger partial charge in [-0.05, 0) is 55.9 Å². The van der Waals surface area contributed by atoms with E-state index in [2.05, 4.69) is 10.3 Å². The number of nitrogens with one attached hydrogen (secondary N) is 2. The Kier molecular flexibility index (Phi) is 9.63. The number of ether oxygens (including phenoxy) is 1. The molecule has 1 aliphatic heterocycles. The number of nitrogens with zero attached hydrogens (tertiary/aromatic N) is 2. The first-order valence-electron chi connectivity index (χ1n) is 13.6. The number of rotatable bonds is 9.